The summed E-state index contributed by atoms with van der Waals surface area (Å²) >= 11 is 6.31. The Morgan fingerprint density at radius 2 is 2.16 bits per heavy atom. The molecule has 0 amide bonds. The van der Waals surface area contributed by atoms with Crippen LogP contribution in [-0.2, 0) is 11.8 Å². The van der Waals surface area contributed by atoms with E-state index in [-0.39, 0.29) is 11.0 Å². The van der Waals surface area contributed by atoms with E-state index >= 15 is 0 Å². The van der Waals surface area contributed by atoms with Crippen LogP contribution >= 0.6 is 11.6 Å². The second-order valence-corrected chi connectivity index (χ2v) is 7.15. The summed E-state index contributed by atoms with van der Waals surface area (Å²) in [5, 5.41) is 9.43. The van der Waals surface area contributed by atoms with Crippen LogP contribution in [0, 0.1) is 0 Å². The number of anilines is 2. The van der Waals surface area contributed by atoms with Crippen LogP contribution in [0.1, 0.15) is 40.9 Å². The summed E-state index contributed by atoms with van der Waals surface area (Å²) in [6.45, 7) is 1.58. The van der Waals surface area contributed by atoms with Gasteiger partial charge in [0.25, 0.3) is 0 Å². The van der Waals surface area contributed by atoms with Gasteiger partial charge in [0, 0.05) is 30.9 Å². The maximum Gasteiger partial charge on any atom is 0.337 e. The Bertz CT molecular complexity index is 855. The predicted molar refractivity (Wildman–Crippen MR) is 94.1 cm³/mol. The van der Waals surface area contributed by atoms with Crippen molar-refractivity contribution in [3.63, 3.8) is 0 Å². The Labute approximate surface area is 149 Å². The first kappa shape index (κ1) is 16.1. The lowest BCUT2D eigenvalue weighted by Crippen LogP contribution is -2.46. The van der Waals surface area contributed by atoms with Gasteiger partial charge >= 0.3 is 5.97 Å². The highest BCUT2D eigenvalue weighted by Crippen LogP contribution is 2.45. The summed E-state index contributed by atoms with van der Waals surface area (Å²) in [6, 6.07) is 1.45. The smallest absolute Gasteiger partial charge is 0.337 e. The second-order valence-electron chi connectivity index (χ2n) is 6.74. The number of aryl methyl sites for hydroxylation is 1. The molecule has 1 unspecified atom stereocenters. The molecule has 7 nitrogen and oxygen atoms in total. The summed E-state index contributed by atoms with van der Waals surface area (Å²) in [5.74, 6) is -0.103. The fourth-order valence-corrected chi connectivity index (χ4v) is 4.33. The van der Waals surface area contributed by atoms with Crippen molar-refractivity contribution >= 4 is 29.3 Å². The number of carboxylic acids is 1. The van der Waals surface area contributed by atoms with Crippen molar-refractivity contribution in [2.75, 3.05) is 23.7 Å². The number of aromatic nitrogens is 3. The first-order valence-corrected chi connectivity index (χ1v) is 8.62. The highest BCUT2D eigenvalue weighted by Gasteiger charge is 2.44. The molecule has 2 aromatic heterocycles. The van der Waals surface area contributed by atoms with Crippen LogP contribution in [0.2, 0.25) is 5.02 Å². The molecule has 2 aliphatic rings. The first-order valence-electron chi connectivity index (χ1n) is 8.24. The molecule has 4 rings (SSSR count). The normalized spacial score (nSPS) is 22.2. The molecule has 0 bridgehead atoms. The molecule has 25 heavy (non-hydrogen) atoms. The molecule has 1 fully saturated rings. The standard InChI is InChI=1S/C17H18ClN5O2/c18-12-6-11(15(24)25)8-20-14(12)23-5-1-3-17(9-23)4-2-10-7-21-16(19)22-13(10)17/h6-8H,1-5,9H2,(H,24,25)(H2,19,21,22). The molecule has 1 saturated heterocycles. The number of pyridine rings is 1. The third kappa shape index (κ3) is 2.68. The van der Waals surface area contributed by atoms with E-state index in [1.165, 1.54) is 12.3 Å². The van der Waals surface area contributed by atoms with Crippen molar-refractivity contribution in [2.45, 2.75) is 31.1 Å². The van der Waals surface area contributed by atoms with Gasteiger partial charge in [-0.3, -0.25) is 0 Å². The summed E-state index contributed by atoms with van der Waals surface area (Å²) in [6.07, 6.45) is 7.16. The van der Waals surface area contributed by atoms with E-state index in [2.05, 4.69) is 19.9 Å². The minimum absolute atomic E-state index is 0.0683. The lowest BCUT2D eigenvalue weighted by molar-refractivity contribution is 0.0696. The van der Waals surface area contributed by atoms with Gasteiger partial charge in [-0.15, -0.1) is 0 Å². The Balaban J connectivity index is 1.67. The maximum atomic E-state index is 11.1. The average molecular weight is 360 g/mol. The highest BCUT2D eigenvalue weighted by molar-refractivity contribution is 6.33. The lowest BCUT2D eigenvalue weighted by Gasteiger charge is -2.41. The van der Waals surface area contributed by atoms with Crippen LogP contribution in [0.3, 0.4) is 0 Å². The van der Waals surface area contributed by atoms with E-state index in [0.717, 1.165) is 50.0 Å². The van der Waals surface area contributed by atoms with Gasteiger partial charge in [0.2, 0.25) is 5.95 Å². The van der Waals surface area contributed by atoms with Crippen LogP contribution < -0.4 is 10.6 Å². The summed E-state index contributed by atoms with van der Waals surface area (Å²) in [5.41, 5.74) is 8.04. The van der Waals surface area contributed by atoms with Crippen molar-refractivity contribution in [3.8, 4) is 0 Å². The third-order valence-corrected chi connectivity index (χ3v) is 5.48. The Morgan fingerprint density at radius 1 is 1.32 bits per heavy atom. The Morgan fingerprint density at radius 3 is 2.92 bits per heavy atom. The van der Waals surface area contributed by atoms with Crippen LogP contribution in [0.25, 0.3) is 0 Å². The van der Waals surface area contributed by atoms with E-state index in [1.807, 2.05) is 6.20 Å². The van der Waals surface area contributed by atoms with Crippen LogP contribution in [0.4, 0.5) is 11.8 Å². The number of nitrogen functional groups attached to an aromatic ring is 1. The number of aromatic carboxylic acids is 1. The topological polar surface area (TPSA) is 105 Å². The molecule has 0 aromatic carbocycles. The van der Waals surface area contributed by atoms with Crippen LogP contribution in [0.15, 0.2) is 18.5 Å². The number of hydrogen-bond acceptors (Lipinski definition) is 6. The van der Waals surface area contributed by atoms with E-state index in [9.17, 15) is 4.79 Å². The van der Waals surface area contributed by atoms with Crippen LogP contribution in [0.5, 0.6) is 0 Å². The van der Waals surface area contributed by atoms with Gasteiger partial charge in [-0.2, -0.15) is 0 Å². The number of hydrogen-bond donors (Lipinski definition) is 2. The Hall–Kier alpha value is -2.41. The molecule has 1 spiro atoms. The predicted octanol–water partition coefficient (Wildman–Crippen LogP) is 2.29. The number of halogens is 1. The molecule has 1 aliphatic heterocycles. The summed E-state index contributed by atoms with van der Waals surface area (Å²) < 4.78 is 0. The molecule has 8 heteroatoms. The molecular weight excluding hydrogens is 342 g/mol. The lowest BCUT2D eigenvalue weighted by atomic mass is 9.77. The number of rotatable bonds is 2. The molecule has 130 valence electrons. The number of nitrogens with two attached hydrogens (primary N) is 1. The van der Waals surface area contributed by atoms with E-state index in [1.54, 1.807) is 0 Å². The zero-order chi connectivity index (χ0) is 17.6. The van der Waals surface area contributed by atoms with Gasteiger partial charge in [0.05, 0.1) is 16.3 Å². The second kappa shape index (κ2) is 5.84. The highest BCUT2D eigenvalue weighted by atomic mass is 35.5. The number of carboxylic acid groups (broad SMARTS) is 1. The van der Waals surface area contributed by atoms with E-state index < -0.39 is 5.97 Å². The Kier molecular flexibility index (Phi) is 3.76. The van der Waals surface area contributed by atoms with Crippen molar-refractivity contribution < 1.29 is 9.90 Å². The first-order chi connectivity index (χ1) is 12.0. The molecule has 0 saturated carbocycles. The maximum absolute atomic E-state index is 11.1. The quantitative estimate of drug-likeness (QED) is 0.847. The van der Waals surface area contributed by atoms with Crippen molar-refractivity contribution in [1.29, 1.82) is 0 Å². The molecule has 3 heterocycles. The van der Waals surface area contributed by atoms with E-state index in [0.29, 0.717) is 16.8 Å². The molecule has 2 aromatic rings. The largest absolute Gasteiger partial charge is 0.478 e. The fraction of sp³-hybridized carbons (Fsp3) is 0.412. The van der Waals surface area contributed by atoms with Crippen molar-refractivity contribution in [1.82, 2.24) is 15.0 Å². The fourth-order valence-electron chi connectivity index (χ4n) is 4.05. The number of fused-ring (bicyclic) bond motifs is 2. The van der Waals surface area contributed by atoms with Gasteiger partial charge < -0.3 is 15.7 Å². The van der Waals surface area contributed by atoms with Gasteiger partial charge in [-0.05, 0) is 37.3 Å². The number of nitrogens with zero attached hydrogens (tertiary/aromatic N) is 4. The van der Waals surface area contributed by atoms with Crippen molar-refractivity contribution in [2.24, 2.45) is 0 Å². The molecule has 1 aliphatic carbocycles. The molecular formula is C17H18ClN5O2. The van der Waals surface area contributed by atoms with Gasteiger partial charge in [-0.25, -0.2) is 19.7 Å². The van der Waals surface area contributed by atoms with E-state index in [4.69, 9.17) is 22.4 Å². The minimum Gasteiger partial charge on any atom is -0.478 e. The van der Waals surface area contributed by atoms with Gasteiger partial charge in [-0.1, -0.05) is 11.6 Å². The monoisotopic (exact) mass is 359 g/mol. The SMILES string of the molecule is Nc1ncc2c(n1)C1(CCCN(c3ncc(C(=O)O)cc3Cl)C1)CC2. The average Bonchev–Trinajstić information content (AvgIpc) is 2.92. The van der Waals surface area contributed by atoms with Gasteiger partial charge in [0.1, 0.15) is 5.82 Å². The molecule has 3 N–H and O–H groups in total. The minimum atomic E-state index is -1.03. The van der Waals surface area contributed by atoms with Gasteiger partial charge in [0.15, 0.2) is 0 Å². The van der Waals surface area contributed by atoms with Crippen molar-refractivity contribution in [3.05, 3.63) is 40.3 Å². The zero-order valence-electron chi connectivity index (χ0n) is 13.6. The number of piperidine rings is 1. The third-order valence-electron chi connectivity index (χ3n) is 5.20. The number of carbonyl (C=O) groups is 1. The van der Waals surface area contributed by atoms with Crippen LogP contribution in [-0.4, -0.2) is 39.1 Å². The summed E-state index contributed by atoms with van der Waals surface area (Å²) in [4.78, 5) is 26.2. The summed E-state index contributed by atoms with van der Waals surface area (Å²) in [7, 11) is 0. The molecule has 0 radical (unpaired) electrons. The molecule has 1 atom stereocenters. The zero-order valence-corrected chi connectivity index (χ0v) is 14.3.